The van der Waals surface area contributed by atoms with E-state index >= 15 is 0 Å². The molecule has 0 rings (SSSR count). The first-order valence-corrected chi connectivity index (χ1v) is 5.44. The fourth-order valence-electron chi connectivity index (χ4n) is 0.794. The van der Waals surface area contributed by atoms with Gasteiger partial charge in [0.25, 0.3) is 0 Å². The summed E-state index contributed by atoms with van der Waals surface area (Å²) in [6, 6.07) is -2.34. The quantitative estimate of drug-likeness (QED) is 0.290. The summed E-state index contributed by atoms with van der Waals surface area (Å²) in [5.41, 5.74) is 9.88. The first-order chi connectivity index (χ1) is 9.07. The molecule has 0 saturated heterocycles. The second-order valence-corrected chi connectivity index (χ2v) is 3.72. The summed E-state index contributed by atoms with van der Waals surface area (Å²) >= 11 is 0. The third-order valence-electron chi connectivity index (χ3n) is 1.94. The number of carbonyl (C=O) groups is 4. The molecule has 10 nitrogen and oxygen atoms in total. The van der Waals surface area contributed by atoms with Crippen molar-refractivity contribution in [1.82, 2.24) is 0 Å². The topological polar surface area (TPSA) is 207 Å². The summed E-state index contributed by atoms with van der Waals surface area (Å²) < 4.78 is 0. The standard InChI is InChI=1S/2C5H9NO4.Pd/c2*6-3(5(9)10)1-2-4(7)8;/h2*3H,1-2,6H2,(H,7,8)(H,9,10);/q;;+2/p-2/t2*3-;/m00./s1. The predicted molar refractivity (Wildman–Crippen MR) is 59.7 cm³/mol. The van der Waals surface area contributed by atoms with Crippen LogP contribution in [0.4, 0.5) is 0 Å². The van der Waals surface area contributed by atoms with Gasteiger partial charge in [0, 0.05) is 24.9 Å². The van der Waals surface area contributed by atoms with Crippen LogP contribution < -0.4 is 21.7 Å². The van der Waals surface area contributed by atoms with Gasteiger partial charge in [-0.3, -0.25) is 9.59 Å². The summed E-state index contributed by atoms with van der Waals surface area (Å²) in [4.78, 5) is 39.5. The fourth-order valence-corrected chi connectivity index (χ4v) is 0.794. The molecule has 0 unspecified atom stereocenters. The van der Waals surface area contributed by atoms with Crippen molar-refractivity contribution in [3.63, 3.8) is 0 Å². The van der Waals surface area contributed by atoms with Crippen molar-refractivity contribution in [1.29, 1.82) is 0 Å². The zero-order valence-electron chi connectivity index (χ0n) is 10.8. The average molecular weight is 399 g/mol. The maximum absolute atomic E-state index is 9.88. The maximum Gasteiger partial charge on any atom is 2.00 e. The Balaban J connectivity index is -0.000000295. The molecule has 0 aromatic carbocycles. The monoisotopic (exact) mass is 398 g/mol. The van der Waals surface area contributed by atoms with Crippen LogP contribution in [-0.2, 0) is 39.6 Å². The van der Waals surface area contributed by atoms with Crippen LogP contribution in [0.1, 0.15) is 25.7 Å². The zero-order chi connectivity index (χ0) is 16.3. The minimum absolute atomic E-state index is 0. The van der Waals surface area contributed by atoms with Crippen LogP contribution in [0.5, 0.6) is 0 Å². The normalized spacial score (nSPS) is 11.9. The number of carbonyl (C=O) groups excluding carboxylic acids is 2. The molecule has 0 spiro atoms. The van der Waals surface area contributed by atoms with Crippen molar-refractivity contribution < 1.29 is 60.0 Å². The van der Waals surface area contributed by atoms with Crippen LogP contribution in [0.15, 0.2) is 0 Å². The Kier molecular flexibility index (Phi) is 15.7. The number of carboxylic acid groups (broad SMARTS) is 4. The van der Waals surface area contributed by atoms with E-state index in [1.807, 2.05) is 0 Å². The minimum Gasteiger partial charge on any atom is -0.548 e. The van der Waals surface area contributed by atoms with Gasteiger partial charge in [-0.05, 0) is 12.8 Å². The molecule has 0 bridgehead atoms. The Morgan fingerprint density at radius 2 is 1.05 bits per heavy atom. The zero-order valence-corrected chi connectivity index (χ0v) is 12.4. The molecule has 0 aliphatic carbocycles. The smallest absolute Gasteiger partial charge is 0.548 e. The van der Waals surface area contributed by atoms with Gasteiger partial charge >= 0.3 is 32.4 Å². The summed E-state index contributed by atoms with van der Waals surface area (Å²) in [5.74, 6) is -4.95. The summed E-state index contributed by atoms with van der Waals surface area (Å²) in [7, 11) is 0. The largest absolute Gasteiger partial charge is 2.00 e. The molecule has 124 valence electrons. The number of nitrogens with two attached hydrogens (primary N) is 2. The third-order valence-corrected chi connectivity index (χ3v) is 1.94. The molecule has 0 aliphatic heterocycles. The van der Waals surface area contributed by atoms with Gasteiger partial charge in [-0.1, -0.05) is 0 Å². The molecule has 0 aromatic rings. The van der Waals surface area contributed by atoms with E-state index in [1.54, 1.807) is 0 Å². The van der Waals surface area contributed by atoms with Crippen LogP contribution in [0.25, 0.3) is 0 Å². The number of carboxylic acids is 4. The van der Waals surface area contributed by atoms with E-state index in [-0.39, 0.29) is 46.1 Å². The molecule has 11 heteroatoms. The Morgan fingerprint density at radius 1 is 0.810 bits per heavy atom. The molecule has 21 heavy (non-hydrogen) atoms. The maximum atomic E-state index is 9.88. The average Bonchev–Trinajstić information content (AvgIpc) is 2.33. The first-order valence-electron chi connectivity index (χ1n) is 5.44. The van der Waals surface area contributed by atoms with E-state index in [0.29, 0.717) is 0 Å². The van der Waals surface area contributed by atoms with E-state index in [1.165, 1.54) is 0 Å². The van der Waals surface area contributed by atoms with Crippen molar-refractivity contribution in [3.8, 4) is 0 Å². The Hall–Kier alpha value is -1.54. The molecular weight excluding hydrogens is 383 g/mol. The number of rotatable bonds is 8. The molecule has 0 heterocycles. The molecular formula is C10H16N2O8Pd. The van der Waals surface area contributed by atoms with Crippen LogP contribution in [0.2, 0.25) is 0 Å². The molecule has 0 aromatic heterocycles. The Morgan fingerprint density at radius 3 is 1.19 bits per heavy atom. The van der Waals surface area contributed by atoms with Crippen LogP contribution in [0.3, 0.4) is 0 Å². The summed E-state index contributed by atoms with van der Waals surface area (Å²) in [5, 5.41) is 35.9. The second-order valence-electron chi connectivity index (χ2n) is 3.72. The van der Waals surface area contributed by atoms with Gasteiger partial charge in [0.1, 0.15) is 0 Å². The molecule has 2 atom stereocenters. The van der Waals surface area contributed by atoms with Gasteiger partial charge in [0.2, 0.25) is 0 Å². The minimum atomic E-state index is -1.42. The Labute approximate surface area is 133 Å². The van der Waals surface area contributed by atoms with Crippen molar-refractivity contribution in [2.75, 3.05) is 0 Å². The van der Waals surface area contributed by atoms with Crippen LogP contribution in [0, 0.1) is 0 Å². The predicted octanol–water partition coefficient (Wildman–Crippen LogP) is -4.15. The summed E-state index contributed by atoms with van der Waals surface area (Å²) in [6.07, 6.45) is -0.653. The van der Waals surface area contributed by atoms with Gasteiger partial charge in [-0.25, -0.2) is 0 Å². The van der Waals surface area contributed by atoms with E-state index in [0.717, 1.165) is 0 Å². The van der Waals surface area contributed by atoms with Crippen molar-refractivity contribution in [3.05, 3.63) is 0 Å². The molecule has 0 fully saturated rings. The molecule has 6 N–H and O–H groups in total. The SMILES string of the molecule is N[C@@H](CCC(=O)O)C(=O)[O-].N[C@@H](CCC(=O)O)C(=O)[O-].[Pd+2]. The number of hydrogen-bond donors (Lipinski definition) is 4. The van der Waals surface area contributed by atoms with E-state index in [4.69, 9.17) is 21.7 Å². The van der Waals surface area contributed by atoms with Gasteiger partial charge in [0.05, 0.1) is 11.9 Å². The fraction of sp³-hybridized carbons (Fsp3) is 0.600. The van der Waals surface area contributed by atoms with Crippen LogP contribution >= 0.6 is 0 Å². The van der Waals surface area contributed by atoms with Crippen LogP contribution in [-0.4, -0.2) is 46.2 Å². The van der Waals surface area contributed by atoms with Gasteiger partial charge < -0.3 is 41.5 Å². The number of hydrogen-bond acceptors (Lipinski definition) is 8. The van der Waals surface area contributed by atoms with Crippen molar-refractivity contribution in [2.24, 2.45) is 11.5 Å². The van der Waals surface area contributed by atoms with Gasteiger partial charge in [-0.2, -0.15) is 0 Å². The van der Waals surface area contributed by atoms with E-state index < -0.39 is 36.0 Å². The number of aliphatic carboxylic acids is 4. The third kappa shape index (κ3) is 18.5. The van der Waals surface area contributed by atoms with E-state index in [2.05, 4.69) is 0 Å². The second kappa shape index (κ2) is 13.4. The first kappa shape index (κ1) is 24.5. The molecule has 0 aliphatic rings. The molecule has 0 saturated carbocycles. The van der Waals surface area contributed by atoms with E-state index in [9.17, 15) is 29.4 Å². The Bertz CT molecular complexity index is 329. The van der Waals surface area contributed by atoms with Crippen molar-refractivity contribution in [2.45, 2.75) is 37.8 Å². The van der Waals surface area contributed by atoms with Gasteiger partial charge in [-0.15, -0.1) is 0 Å². The van der Waals surface area contributed by atoms with Gasteiger partial charge in [0.15, 0.2) is 0 Å². The molecule has 0 radical (unpaired) electrons. The summed E-state index contributed by atoms with van der Waals surface area (Å²) in [6.45, 7) is 0. The van der Waals surface area contributed by atoms with Crippen molar-refractivity contribution >= 4 is 23.9 Å². The molecule has 0 amide bonds.